The number of ether oxygens (including phenoxy) is 2. The second kappa shape index (κ2) is 11.8. The summed E-state index contributed by atoms with van der Waals surface area (Å²) in [7, 11) is 1.46. The van der Waals surface area contributed by atoms with E-state index in [-0.39, 0.29) is 17.2 Å². The van der Waals surface area contributed by atoms with Gasteiger partial charge in [-0.25, -0.2) is 0 Å². The zero-order chi connectivity index (χ0) is 28.1. The molecule has 0 radical (unpaired) electrons. The maximum Gasteiger partial charge on any atom is 0.294 e. The van der Waals surface area contributed by atoms with E-state index >= 15 is 0 Å². The van der Waals surface area contributed by atoms with Crippen LogP contribution in [0.25, 0.3) is 6.08 Å². The number of amides is 3. The molecule has 3 aromatic carbocycles. The number of anilines is 1. The van der Waals surface area contributed by atoms with Crippen molar-refractivity contribution in [2.75, 3.05) is 19.0 Å². The van der Waals surface area contributed by atoms with Gasteiger partial charge in [-0.2, -0.15) is 0 Å². The van der Waals surface area contributed by atoms with Crippen molar-refractivity contribution in [1.82, 2.24) is 4.90 Å². The third kappa shape index (κ3) is 6.44. The van der Waals surface area contributed by atoms with E-state index in [0.29, 0.717) is 28.3 Å². The number of imide groups is 1. The summed E-state index contributed by atoms with van der Waals surface area (Å²) >= 11 is 0.751. The van der Waals surface area contributed by atoms with Crippen LogP contribution in [0, 0.1) is 24.0 Å². The van der Waals surface area contributed by atoms with E-state index in [1.54, 1.807) is 42.5 Å². The minimum atomic E-state index is -0.564. The summed E-state index contributed by atoms with van der Waals surface area (Å²) in [6.07, 6.45) is 1.54. The molecule has 1 N–H and O–H groups in total. The molecule has 10 nitrogen and oxygen atoms in total. The number of non-ortho nitro benzene ring substituents is 1. The molecule has 3 amide bonds. The molecular formula is C28H25N3O7S. The lowest BCUT2D eigenvalue weighted by Crippen LogP contribution is -2.36. The highest BCUT2D eigenvalue weighted by molar-refractivity contribution is 8.18. The summed E-state index contributed by atoms with van der Waals surface area (Å²) in [5.41, 5.74) is 3.71. The number of benzene rings is 3. The smallest absolute Gasteiger partial charge is 0.294 e. The zero-order valence-corrected chi connectivity index (χ0v) is 22.2. The Labute approximate surface area is 228 Å². The van der Waals surface area contributed by atoms with Gasteiger partial charge in [-0.3, -0.25) is 29.4 Å². The van der Waals surface area contributed by atoms with Gasteiger partial charge in [0, 0.05) is 17.8 Å². The van der Waals surface area contributed by atoms with E-state index in [0.717, 1.165) is 27.8 Å². The Morgan fingerprint density at radius 2 is 1.85 bits per heavy atom. The van der Waals surface area contributed by atoms with Crippen LogP contribution in [0.15, 0.2) is 65.6 Å². The molecule has 39 heavy (non-hydrogen) atoms. The van der Waals surface area contributed by atoms with E-state index in [9.17, 15) is 24.5 Å². The number of thioether (sulfide) groups is 1. The number of nitrogens with zero attached hydrogens (tertiary/aromatic N) is 2. The minimum Gasteiger partial charge on any atom is -0.493 e. The number of hydrogen-bond acceptors (Lipinski definition) is 8. The van der Waals surface area contributed by atoms with Crippen molar-refractivity contribution < 1.29 is 28.8 Å². The maximum atomic E-state index is 12.9. The van der Waals surface area contributed by atoms with E-state index in [1.165, 1.54) is 19.2 Å². The van der Waals surface area contributed by atoms with Crippen LogP contribution in [0.5, 0.6) is 11.5 Å². The van der Waals surface area contributed by atoms with Crippen LogP contribution in [0.3, 0.4) is 0 Å². The van der Waals surface area contributed by atoms with Gasteiger partial charge >= 0.3 is 0 Å². The monoisotopic (exact) mass is 547 g/mol. The van der Waals surface area contributed by atoms with Gasteiger partial charge in [0.15, 0.2) is 11.5 Å². The van der Waals surface area contributed by atoms with Gasteiger partial charge < -0.3 is 14.8 Å². The van der Waals surface area contributed by atoms with Crippen LogP contribution >= 0.6 is 11.8 Å². The number of nitro groups is 1. The van der Waals surface area contributed by atoms with Gasteiger partial charge in [-0.15, -0.1) is 0 Å². The average molecular weight is 548 g/mol. The molecule has 1 heterocycles. The first-order chi connectivity index (χ1) is 18.7. The molecule has 0 atom stereocenters. The molecule has 0 saturated carbocycles. The van der Waals surface area contributed by atoms with E-state index in [4.69, 9.17) is 9.47 Å². The highest BCUT2D eigenvalue weighted by atomic mass is 32.2. The Balaban J connectivity index is 1.43. The average Bonchev–Trinajstić information content (AvgIpc) is 3.17. The number of hydrogen-bond donors (Lipinski definition) is 1. The molecule has 0 spiro atoms. The molecule has 1 fully saturated rings. The lowest BCUT2D eigenvalue weighted by atomic mass is 10.1. The Morgan fingerprint density at radius 1 is 1.08 bits per heavy atom. The van der Waals surface area contributed by atoms with Crippen LogP contribution in [0.4, 0.5) is 16.2 Å². The van der Waals surface area contributed by atoms with Crippen LogP contribution in [0.1, 0.15) is 22.3 Å². The largest absolute Gasteiger partial charge is 0.493 e. The highest BCUT2D eigenvalue weighted by Gasteiger charge is 2.36. The highest BCUT2D eigenvalue weighted by Crippen LogP contribution is 2.35. The molecule has 0 aliphatic carbocycles. The van der Waals surface area contributed by atoms with Crippen molar-refractivity contribution in [3.8, 4) is 11.5 Å². The molecule has 200 valence electrons. The number of carbonyl (C=O) groups excluding carboxylic acids is 3. The summed E-state index contributed by atoms with van der Waals surface area (Å²) in [4.78, 5) is 49.6. The predicted octanol–water partition coefficient (Wildman–Crippen LogP) is 5.47. The zero-order valence-electron chi connectivity index (χ0n) is 21.4. The van der Waals surface area contributed by atoms with Crippen molar-refractivity contribution >= 4 is 46.3 Å². The van der Waals surface area contributed by atoms with E-state index < -0.39 is 28.5 Å². The standard InChI is InChI=1S/C28H25N3O7S/c1-17-6-4-9-22(18(17)2)29-26(32)15-30-27(33)25(39-28(30)34)14-19-10-11-23(24(13-19)37-3)38-16-20-7-5-8-21(12-20)31(35)36/h4-14H,15-16H2,1-3H3,(H,29,32)/b25-14+. The Kier molecular flexibility index (Phi) is 8.30. The second-order valence-electron chi connectivity index (χ2n) is 8.69. The Hall–Kier alpha value is -4.64. The maximum absolute atomic E-state index is 12.9. The molecule has 4 rings (SSSR count). The Morgan fingerprint density at radius 3 is 2.59 bits per heavy atom. The third-order valence-electron chi connectivity index (χ3n) is 6.06. The topological polar surface area (TPSA) is 128 Å². The fraction of sp³-hybridized carbons (Fsp3) is 0.179. The molecule has 0 unspecified atom stereocenters. The number of carbonyl (C=O) groups is 3. The molecule has 1 aliphatic heterocycles. The summed E-state index contributed by atoms with van der Waals surface area (Å²) in [5, 5.41) is 13.2. The number of rotatable bonds is 9. The molecule has 11 heteroatoms. The van der Waals surface area contributed by atoms with E-state index in [1.807, 2.05) is 26.0 Å². The second-order valence-corrected chi connectivity index (χ2v) is 9.68. The van der Waals surface area contributed by atoms with Crippen LogP contribution in [-0.4, -0.2) is 40.5 Å². The van der Waals surface area contributed by atoms with Gasteiger partial charge in [0.05, 0.1) is 16.9 Å². The predicted molar refractivity (Wildman–Crippen MR) is 148 cm³/mol. The van der Waals surface area contributed by atoms with Crippen LogP contribution in [-0.2, 0) is 16.2 Å². The normalized spacial score (nSPS) is 14.0. The minimum absolute atomic E-state index is 0.0323. The van der Waals surface area contributed by atoms with Gasteiger partial charge in [0.25, 0.3) is 16.8 Å². The van der Waals surface area contributed by atoms with E-state index in [2.05, 4.69) is 5.32 Å². The van der Waals surface area contributed by atoms with Gasteiger partial charge in [-0.05, 0) is 72.1 Å². The summed E-state index contributed by atoms with van der Waals surface area (Å²) in [6.45, 7) is 3.49. The first-order valence-corrected chi connectivity index (χ1v) is 12.6. The molecule has 0 bridgehead atoms. The van der Waals surface area contributed by atoms with Crippen molar-refractivity contribution in [3.05, 3.63) is 97.9 Å². The van der Waals surface area contributed by atoms with Crippen molar-refractivity contribution in [2.24, 2.45) is 0 Å². The number of methoxy groups -OCH3 is 1. The Bertz CT molecular complexity index is 1500. The quantitative estimate of drug-likeness (QED) is 0.212. The number of nitro benzene ring substituents is 1. The van der Waals surface area contributed by atoms with Crippen molar-refractivity contribution in [1.29, 1.82) is 0 Å². The van der Waals surface area contributed by atoms with Crippen molar-refractivity contribution in [3.63, 3.8) is 0 Å². The first-order valence-electron chi connectivity index (χ1n) is 11.8. The molecule has 0 aromatic heterocycles. The third-order valence-corrected chi connectivity index (χ3v) is 6.96. The fourth-order valence-corrected chi connectivity index (χ4v) is 4.66. The van der Waals surface area contributed by atoms with Gasteiger partial charge in [-0.1, -0.05) is 30.3 Å². The SMILES string of the molecule is COc1cc(/C=C2/SC(=O)N(CC(=O)Nc3cccc(C)c3C)C2=O)ccc1OCc1cccc([N+](=O)[O-])c1. The van der Waals surface area contributed by atoms with Gasteiger partial charge in [0.1, 0.15) is 13.2 Å². The molecule has 1 aliphatic rings. The fourth-order valence-electron chi connectivity index (χ4n) is 3.82. The summed E-state index contributed by atoms with van der Waals surface area (Å²) < 4.78 is 11.2. The van der Waals surface area contributed by atoms with Crippen molar-refractivity contribution in [2.45, 2.75) is 20.5 Å². The van der Waals surface area contributed by atoms with Crippen LogP contribution < -0.4 is 14.8 Å². The van der Waals surface area contributed by atoms with Gasteiger partial charge in [0.2, 0.25) is 5.91 Å². The van der Waals surface area contributed by atoms with Crippen LogP contribution in [0.2, 0.25) is 0 Å². The summed E-state index contributed by atoms with van der Waals surface area (Å²) in [6, 6.07) is 16.6. The molecular weight excluding hydrogens is 522 g/mol. The molecule has 3 aromatic rings. The summed E-state index contributed by atoms with van der Waals surface area (Å²) in [5.74, 6) is -0.260. The lowest BCUT2D eigenvalue weighted by Gasteiger charge is -2.14. The number of aryl methyl sites for hydroxylation is 1. The molecule has 1 saturated heterocycles. The lowest BCUT2D eigenvalue weighted by molar-refractivity contribution is -0.384. The first kappa shape index (κ1) is 27.4. The number of nitrogens with one attached hydrogen (secondary N) is 1.